The van der Waals surface area contributed by atoms with Crippen molar-refractivity contribution in [1.29, 1.82) is 0 Å². The highest BCUT2D eigenvalue weighted by atomic mass is 32.1. The zero-order chi connectivity index (χ0) is 24.5. The van der Waals surface area contributed by atoms with Gasteiger partial charge in [-0.2, -0.15) is 0 Å². The van der Waals surface area contributed by atoms with E-state index < -0.39 is 5.82 Å². The number of carbonyl (C=O) groups is 1. The molecule has 0 spiro atoms. The Balaban J connectivity index is 1.21. The summed E-state index contributed by atoms with van der Waals surface area (Å²) >= 11 is 1.66. The minimum atomic E-state index is -0.444. The first-order valence-corrected chi connectivity index (χ1v) is 12.6. The molecular weight excluding hydrogens is 467 g/mol. The average molecular weight is 497 g/mol. The molecule has 2 atom stereocenters. The Labute approximate surface area is 208 Å². The summed E-state index contributed by atoms with van der Waals surface area (Å²) in [6, 6.07) is 8.20. The molecule has 3 aromatic rings. The van der Waals surface area contributed by atoms with Crippen molar-refractivity contribution in [2.24, 2.45) is 0 Å². The number of hydrogen-bond donors (Lipinski definition) is 0. The average Bonchev–Trinajstić information content (AvgIpc) is 3.30. The SMILES string of the molecule is COc1ccc(-c2nc3c(s2)CN(C(=O)CN2[C@H](C)CN(c4ncc(F)cn4)C[C@@H]2C)CC3)cc1. The third-order valence-corrected chi connectivity index (χ3v) is 7.86. The number of benzene rings is 1. The Morgan fingerprint density at radius 2 is 1.83 bits per heavy atom. The molecule has 2 aliphatic heterocycles. The van der Waals surface area contributed by atoms with Crippen molar-refractivity contribution in [1.82, 2.24) is 24.8 Å². The Hall–Kier alpha value is -3.11. The molecule has 4 heterocycles. The second-order valence-electron chi connectivity index (χ2n) is 9.16. The van der Waals surface area contributed by atoms with E-state index >= 15 is 0 Å². The first-order valence-electron chi connectivity index (χ1n) is 11.8. The Kier molecular flexibility index (Phi) is 6.66. The second kappa shape index (κ2) is 9.87. The zero-order valence-corrected chi connectivity index (χ0v) is 21.0. The molecule has 0 saturated carbocycles. The number of nitrogens with zero attached hydrogens (tertiary/aromatic N) is 6. The smallest absolute Gasteiger partial charge is 0.237 e. The van der Waals surface area contributed by atoms with Crippen molar-refractivity contribution >= 4 is 23.2 Å². The van der Waals surface area contributed by atoms with Crippen molar-refractivity contribution < 1.29 is 13.9 Å². The van der Waals surface area contributed by atoms with Gasteiger partial charge in [0.05, 0.1) is 38.3 Å². The lowest BCUT2D eigenvalue weighted by Gasteiger charge is -2.44. The molecule has 0 bridgehead atoms. The summed E-state index contributed by atoms with van der Waals surface area (Å²) in [5.74, 6) is 1.04. The van der Waals surface area contributed by atoms with E-state index in [-0.39, 0.29) is 18.0 Å². The summed E-state index contributed by atoms with van der Waals surface area (Å²) in [7, 11) is 1.66. The summed E-state index contributed by atoms with van der Waals surface area (Å²) in [6.45, 7) is 7.26. The van der Waals surface area contributed by atoms with Crippen molar-refractivity contribution in [3.05, 3.63) is 53.0 Å². The maximum absolute atomic E-state index is 13.3. The Bertz CT molecular complexity index is 1170. The zero-order valence-electron chi connectivity index (χ0n) is 20.1. The van der Waals surface area contributed by atoms with Gasteiger partial charge in [-0.05, 0) is 38.1 Å². The topological polar surface area (TPSA) is 74.7 Å². The maximum Gasteiger partial charge on any atom is 0.237 e. The van der Waals surface area contributed by atoms with E-state index in [1.165, 1.54) is 12.4 Å². The minimum absolute atomic E-state index is 0.139. The third kappa shape index (κ3) is 4.99. The van der Waals surface area contributed by atoms with E-state index in [4.69, 9.17) is 9.72 Å². The number of methoxy groups -OCH3 is 1. The summed E-state index contributed by atoms with van der Waals surface area (Å²) in [6.07, 6.45) is 3.16. The first kappa shape index (κ1) is 23.6. The van der Waals surface area contributed by atoms with Crippen LogP contribution < -0.4 is 9.64 Å². The quantitative estimate of drug-likeness (QED) is 0.537. The predicted molar refractivity (Wildman–Crippen MR) is 133 cm³/mol. The van der Waals surface area contributed by atoms with Gasteiger partial charge in [0.15, 0.2) is 5.82 Å². The molecule has 1 fully saturated rings. The fourth-order valence-electron chi connectivity index (χ4n) is 4.82. The highest BCUT2D eigenvalue weighted by Crippen LogP contribution is 2.32. The summed E-state index contributed by atoms with van der Waals surface area (Å²) in [5, 5.41) is 0.980. The standard InChI is InChI=1S/C25H29FN6O2S/c1-16-12-31(25-27-10-19(26)11-28-25)13-17(2)32(16)15-23(33)30-9-8-21-22(14-30)35-24(29-21)18-4-6-20(34-3)7-5-18/h4-7,10-11,16-17H,8-9,12-15H2,1-3H3/t16-,17+. The number of rotatable bonds is 5. The van der Waals surface area contributed by atoms with E-state index in [0.717, 1.165) is 33.3 Å². The molecule has 2 aliphatic rings. The number of ether oxygens (including phenoxy) is 1. The largest absolute Gasteiger partial charge is 0.497 e. The fourth-order valence-corrected chi connectivity index (χ4v) is 5.95. The molecule has 35 heavy (non-hydrogen) atoms. The lowest BCUT2D eigenvalue weighted by atomic mass is 10.1. The van der Waals surface area contributed by atoms with Crippen LogP contribution in [0.3, 0.4) is 0 Å². The molecule has 1 saturated heterocycles. The molecular formula is C25H29FN6O2S. The van der Waals surface area contributed by atoms with Crippen molar-refractivity contribution in [2.45, 2.75) is 38.9 Å². The lowest BCUT2D eigenvalue weighted by molar-refractivity contribution is -0.134. The van der Waals surface area contributed by atoms with E-state index in [0.29, 0.717) is 38.7 Å². The first-order chi connectivity index (χ1) is 16.9. The van der Waals surface area contributed by atoms with Crippen LogP contribution in [0.2, 0.25) is 0 Å². The molecule has 0 radical (unpaired) electrons. The number of piperazine rings is 1. The minimum Gasteiger partial charge on any atom is -0.497 e. The van der Waals surface area contributed by atoms with Crippen LogP contribution in [-0.4, -0.2) is 76.0 Å². The monoisotopic (exact) mass is 496 g/mol. The van der Waals surface area contributed by atoms with Crippen LogP contribution >= 0.6 is 11.3 Å². The molecule has 1 aromatic carbocycles. The van der Waals surface area contributed by atoms with E-state index in [1.807, 2.05) is 29.2 Å². The highest BCUT2D eigenvalue weighted by Gasteiger charge is 2.34. The number of thiazole rings is 1. The number of fused-ring (bicyclic) bond motifs is 1. The van der Waals surface area contributed by atoms with E-state index in [2.05, 4.69) is 33.6 Å². The van der Waals surface area contributed by atoms with Crippen LogP contribution in [0.15, 0.2) is 36.7 Å². The van der Waals surface area contributed by atoms with Crippen LogP contribution in [0.1, 0.15) is 24.4 Å². The van der Waals surface area contributed by atoms with Crippen molar-refractivity contribution in [3.63, 3.8) is 0 Å². The van der Waals surface area contributed by atoms with E-state index in [1.54, 1.807) is 18.4 Å². The molecule has 5 rings (SSSR count). The molecule has 0 aliphatic carbocycles. The van der Waals surface area contributed by atoms with Gasteiger partial charge in [-0.25, -0.2) is 19.3 Å². The molecule has 2 aromatic heterocycles. The summed E-state index contributed by atoms with van der Waals surface area (Å²) < 4.78 is 18.4. The van der Waals surface area contributed by atoms with Crippen LogP contribution in [0, 0.1) is 5.82 Å². The lowest BCUT2D eigenvalue weighted by Crippen LogP contribution is -2.59. The molecule has 0 N–H and O–H groups in total. The van der Waals surface area contributed by atoms with Gasteiger partial charge in [0, 0.05) is 48.6 Å². The molecule has 10 heteroatoms. The number of hydrogen-bond acceptors (Lipinski definition) is 8. The van der Waals surface area contributed by atoms with E-state index in [9.17, 15) is 9.18 Å². The van der Waals surface area contributed by atoms with Gasteiger partial charge in [-0.3, -0.25) is 9.69 Å². The normalized spacial score (nSPS) is 20.6. The number of amides is 1. The Morgan fingerprint density at radius 3 is 2.49 bits per heavy atom. The number of anilines is 1. The maximum atomic E-state index is 13.3. The number of halogens is 1. The van der Waals surface area contributed by atoms with Crippen LogP contribution in [0.5, 0.6) is 5.75 Å². The van der Waals surface area contributed by atoms with Crippen molar-refractivity contribution in [2.75, 3.05) is 38.2 Å². The Morgan fingerprint density at radius 1 is 1.14 bits per heavy atom. The number of aromatic nitrogens is 3. The van der Waals surface area contributed by atoms with Gasteiger partial charge in [-0.1, -0.05) is 0 Å². The van der Waals surface area contributed by atoms with Gasteiger partial charge in [0.1, 0.15) is 10.8 Å². The fraction of sp³-hybridized carbons (Fsp3) is 0.440. The van der Waals surface area contributed by atoms with Crippen molar-refractivity contribution in [3.8, 4) is 16.3 Å². The third-order valence-electron chi connectivity index (χ3n) is 6.73. The summed E-state index contributed by atoms with van der Waals surface area (Å²) in [4.78, 5) is 33.8. The van der Waals surface area contributed by atoms with Gasteiger partial charge in [-0.15, -0.1) is 11.3 Å². The highest BCUT2D eigenvalue weighted by molar-refractivity contribution is 7.15. The number of carbonyl (C=O) groups excluding carboxylic acids is 1. The van der Waals surface area contributed by atoms with Crippen LogP contribution in [0.25, 0.3) is 10.6 Å². The van der Waals surface area contributed by atoms with Crippen LogP contribution in [-0.2, 0) is 17.8 Å². The second-order valence-corrected chi connectivity index (χ2v) is 10.2. The van der Waals surface area contributed by atoms with Gasteiger partial charge in [0.25, 0.3) is 0 Å². The molecule has 1 amide bonds. The summed E-state index contributed by atoms with van der Waals surface area (Å²) in [5.41, 5.74) is 2.16. The molecule has 184 valence electrons. The molecule has 8 nitrogen and oxygen atoms in total. The predicted octanol–water partition coefficient (Wildman–Crippen LogP) is 3.23. The molecule has 0 unspecified atom stereocenters. The van der Waals surface area contributed by atoms with Gasteiger partial charge in [0.2, 0.25) is 11.9 Å². The van der Waals surface area contributed by atoms with Gasteiger partial charge < -0.3 is 14.5 Å². The van der Waals surface area contributed by atoms with Gasteiger partial charge >= 0.3 is 0 Å². The van der Waals surface area contributed by atoms with Crippen LogP contribution in [0.4, 0.5) is 10.3 Å².